The molecule has 18 heavy (non-hydrogen) atoms. The minimum absolute atomic E-state index is 0.626. The van der Waals surface area contributed by atoms with E-state index in [1.54, 1.807) is 12.0 Å². The number of benzene rings is 1. The van der Waals surface area contributed by atoms with Gasteiger partial charge in [-0.05, 0) is 54.6 Å². The van der Waals surface area contributed by atoms with Crippen LogP contribution in [0.15, 0.2) is 29.2 Å². The van der Waals surface area contributed by atoms with E-state index in [1.165, 1.54) is 23.5 Å². The third-order valence-electron chi connectivity index (χ3n) is 5.83. The van der Waals surface area contributed by atoms with Crippen molar-refractivity contribution in [3.05, 3.63) is 29.8 Å². The molecule has 1 aromatic rings. The molecular formula is C16H19NS. The fourth-order valence-corrected chi connectivity index (χ4v) is 6.25. The third kappa shape index (κ3) is 1.28. The van der Waals surface area contributed by atoms with Crippen molar-refractivity contribution in [3.63, 3.8) is 0 Å². The van der Waals surface area contributed by atoms with Crippen LogP contribution in [-0.4, -0.2) is 11.8 Å². The minimum Gasteiger partial charge on any atom is -0.306 e. The number of rotatable bonds is 2. The summed E-state index contributed by atoms with van der Waals surface area (Å²) in [5, 5.41) is 3.99. The predicted molar refractivity (Wildman–Crippen MR) is 74.6 cm³/mol. The number of nitrogens with one attached hydrogen (secondary N) is 1. The van der Waals surface area contributed by atoms with E-state index >= 15 is 0 Å². The maximum atomic E-state index is 3.99. The van der Waals surface area contributed by atoms with E-state index < -0.39 is 0 Å². The Bertz CT molecular complexity index is 484. The van der Waals surface area contributed by atoms with Crippen molar-refractivity contribution in [1.82, 2.24) is 5.32 Å². The molecule has 0 saturated heterocycles. The number of hydrogen-bond donors (Lipinski definition) is 1. The highest BCUT2D eigenvalue weighted by atomic mass is 32.2. The van der Waals surface area contributed by atoms with E-state index in [0.717, 1.165) is 29.7 Å². The smallest absolute Gasteiger partial charge is 0.0428 e. The van der Waals surface area contributed by atoms with Gasteiger partial charge in [0.15, 0.2) is 0 Å². The fourth-order valence-electron chi connectivity index (χ4n) is 5.08. The largest absolute Gasteiger partial charge is 0.306 e. The summed E-state index contributed by atoms with van der Waals surface area (Å²) >= 11 is 2.03. The first-order chi connectivity index (χ1) is 8.92. The van der Waals surface area contributed by atoms with Crippen LogP contribution in [0.2, 0.25) is 0 Å². The molecule has 0 radical (unpaired) electrons. The number of fused-ring (bicyclic) bond motifs is 6. The Kier molecular flexibility index (Phi) is 2.04. The highest BCUT2D eigenvalue weighted by Crippen LogP contribution is 2.66. The van der Waals surface area contributed by atoms with Crippen LogP contribution in [0.25, 0.3) is 0 Å². The zero-order chi connectivity index (χ0) is 11.7. The molecule has 2 bridgehead atoms. The average molecular weight is 257 g/mol. The van der Waals surface area contributed by atoms with Crippen molar-refractivity contribution >= 4 is 11.8 Å². The van der Waals surface area contributed by atoms with E-state index in [-0.39, 0.29) is 0 Å². The summed E-state index contributed by atoms with van der Waals surface area (Å²) in [6.45, 7) is 0. The van der Waals surface area contributed by atoms with Crippen LogP contribution in [0.3, 0.4) is 0 Å². The van der Waals surface area contributed by atoms with Gasteiger partial charge in [-0.2, -0.15) is 0 Å². The lowest BCUT2D eigenvalue weighted by Crippen LogP contribution is -2.28. The first-order valence-corrected chi connectivity index (χ1v) is 8.38. The van der Waals surface area contributed by atoms with Gasteiger partial charge in [-0.1, -0.05) is 18.2 Å². The second-order valence-electron chi connectivity index (χ2n) is 6.58. The zero-order valence-corrected chi connectivity index (χ0v) is 11.3. The summed E-state index contributed by atoms with van der Waals surface area (Å²) in [4.78, 5) is 1.50. The van der Waals surface area contributed by atoms with Crippen molar-refractivity contribution in [2.75, 3.05) is 5.75 Å². The Morgan fingerprint density at radius 2 is 1.83 bits per heavy atom. The second kappa shape index (κ2) is 3.55. The molecule has 2 heteroatoms. The summed E-state index contributed by atoms with van der Waals surface area (Å²) in [6, 6.07) is 10.4. The van der Waals surface area contributed by atoms with Gasteiger partial charge in [-0.25, -0.2) is 0 Å². The lowest BCUT2D eigenvalue weighted by Gasteiger charge is -2.16. The van der Waals surface area contributed by atoms with Gasteiger partial charge in [0, 0.05) is 22.7 Å². The molecule has 1 aromatic carbocycles. The van der Waals surface area contributed by atoms with Crippen LogP contribution in [0.1, 0.15) is 30.9 Å². The van der Waals surface area contributed by atoms with Gasteiger partial charge in [0.05, 0.1) is 0 Å². The lowest BCUT2D eigenvalue weighted by atomic mass is 10.0. The van der Waals surface area contributed by atoms with Crippen molar-refractivity contribution in [2.45, 2.75) is 36.2 Å². The third-order valence-corrected chi connectivity index (χ3v) is 7.01. The van der Waals surface area contributed by atoms with Crippen LogP contribution in [0.5, 0.6) is 0 Å². The van der Waals surface area contributed by atoms with E-state index in [9.17, 15) is 0 Å². The van der Waals surface area contributed by atoms with Gasteiger partial charge < -0.3 is 5.32 Å². The van der Waals surface area contributed by atoms with Gasteiger partial charge in [0.1, 0.15) is 0 Å². The van der Waals surface area contributed by atoms with Crippen LogP contribution in [0.4, 0.5) is 0 Å². The summed E-state index contributed by atoms with van der Waals surface area (Å²) in [5.74, 6) is 5.52. The average Bonchev–Trinajstić information content (AvgIpc) is 2.79. The summed E-state index contributed by atoms with van der Waals surface area (Å²) in [7, 11) is 0. The molecule has 5 rings (SSSR count). The Morgan fingerprint density at radius 3 is 2.67 bits per heavy atom. The van der Waals surface area contributed by atoms with Gasteiger partial charge in [0.2, 0.25) is 0 Å². The second-order valence-corrected chi connectivity index (χ2v) is 7.64. The van der Waals surface area contributed by atoms with Crippen LogP contribution in [-0.2, 0) is 0 Å². The van der Waals surface area contributed by atoms with Crippen molar-refractivity contribution in [3.8, 4) is 0 Å². The van der Waals surface area contributed by atoms with E-state index in [4.69, 9.17) is 0 Å². The summed E-state index contributed by atoms with van der Waals surface area (Å²) in [5.41, 5.74) is 1.56. The molecule has 5 atom stereocenters. The van der Waals surface area contributed by atoms with Crippen molar-refractivity contribution in [1.29, 1.82) is 0 Å². The van der Waals surface area contributed by atoms with Crippen LogP contribution in [0, 0.1) is 23.7 Å². The fraction of sp³-hybridized carbons (Fsp3) is 0.625. The molecule has 3 fully saturated rings. The van der Waals surface area contributed by atoms with Crippen LogP contribution >= 0.6 is 11.8 Å². The zero-order valence-electron chi connectivity index (χ0n) is 10.5. The van der Waals surface area contributed by atoms with Crippen LogP contribution < -0.4 is 5.32 Å². The quantitative estimate of drug-likeness (QED) is 0.870. The molecule has 5 unspecified atom stereocenters. The van der Waals surface area contributed by atoms with Crippen molar-refractivity contribution in [2.24, 2.45) is 23.7 Å². The number of hydrogen-bond acceptors (Lipinski definition) is 2. The Hall–Kier alpha value is -0.470. The molecule has 1 nitrogen and oxygen atoms in total. The molecular weight excluding hydrogens is 238 g/mol. The molecule has 0 spiro atoms. The molecule has 1 heterocycles. The highest BCUT2D eigenvalue weighted by molar-refractivity contribution is 7.99. The molecule has 0 amide bonds. The van der Waals surface area contributed by atoms with E-state index in [2.05, 4.69) is 29.6 Å². The Labute approximate surface area is 113 Å². The molecule has 4 aliphatic rings. The van der Waals surface area contributed by atoms with E-state index in [0.29, 0.717) is 6.04 Å². The molecule has 3 saturated carbocycles. The highest BCUT2D eigenvalue weighted by Gasteiger charge is 2.65. The normalized spacial score (nSPS) is 47.1. The van der Waals surface area contributed by atoms with Crippen molar-refractivity contribution < 1.29 is 0 Å². The first kappa shape index (κ1) is 10.3. The molecule has 1 aliphatic heterocycles. The molecule has 3 aliphatic carbocycles. The summed E-state index contributed by atoms with van der Waals surface area (Å²) < 4.78 is 0. The first-order valence-electron chi connectivity index (χ1n) is 7.39. The maximum absolute atomic E-state index is 3.99. The minimum atomic E-state index is 0.626. The van der Waals surface area contributed by atoms with Gasteiger partial charge in [-0.15, -0.1) is 11.8 Å². The standard InChI is InChI=1S/C16H19NS/c1-2-4-13-11(3-1)12(8-18-13)17-16-14-9-5-6-10(7-9)15(14)16/h1-4,9-10,12,14-17H,5-8H2. The Morgan fingerprint density at radius 1 is 1.06 bits per heavy atom. The number of thioether (sulfide) groups is 1. The lowest BCUT2D eigenvalue weighted by molar-refractivity contribution is 0.436. The van der Waals surface area contributed by atoms with Gasteiger partial charge in [0.25, 0.3) is 0 Å². The summed E-state index contributed by atoms with van der Waals surface area (Å²) in [6.07, 6.45) is 4.61. The topological polar surface area (TPSA) is 12.0 Å². The molecule has 1 N–H and O–H groups in total. The van der Waals surface area contributed by atoms with Gasteiger partial charge in [-0.3, -0.25) is 0 Å². The maximum Gasteiger partial charge on any atom is 0.0428 e. The Balaban J connectivity index is 1.35. The monoisotopic (exact) mass is 257 g/mol. The van der Waals surface area contributed by atoms with Gasteiger partial charge >= 0.3 is 0 Å². The molecule has 0 aromatic heterocycles. The predicted octanol–water partition coefficient (Wildman–Crippen LogP) is 3.47. The SMILES string of the molecule is c1ccc2c(c1)SCC2NC1C2C3CCC(C3)C12. The van der Waals surface area contributed by atoms with E-state index in [1.807, 2.05) is 11.8 Å². The molecule has 94 valence electrons.